The first-order valence-corrected chi connectivity index (χ1v) is 7.07. The lowest BCUT2D eigenvalue weighted by Gasteiger charge is -2.35. The predicted molar refractivity (Wildman–Crippen MR) is 70.5 cm³/mol. The molecule has 2 fully saturated rings. The van der Waals surface area contributed by atoms with Crippen molar-refractivity contribution in [2.45, 2.75) is 44.4 Å². The van der Waals surface area contributed by atoms with Gasteiger partial charge in [-0.2, -0.15) is 0 Å². The predicted octanol–water partition coefficient (Wildman–Crippen LogP) is 1.39. The van der Waals surface area contributed by atoms with Crippen LogP contribution in [0.1, 0.15) is 35.5 Å². The average molecular weight is 280 g/mol. The summed E-state index contributed by atoms with van der Waals surface area (Å²) < 4.78 is 16.1. The molecule has 0 aromatic carbocycles. The van der Waals surface area contributed by atoms with Crippen molar-refractivity contribution in [3.05, 3.63) is 17.5 Å². The lowest BCUT2D eigenvalue weighted by atomic mass is 9.99. The van der Waals surface area contributed by atoms with Gasteiger partial charge in [0.25, 0.3) is 5.91 Å². The van der Waals surface area contributed by atoms with Crippen LogP contribution in [0.5, 0.6) is 0 Å². The normalized spacial score (nSPS) is 29.5. The number of nitrogens with zero attached hydrogens (tertiary/aromatic N) is 2. The summed E-state index contributed by atoms with van der Waals surface area (Å²) >= 11 is 0. The quantitative estimate of drug-likeness (QED) is 0.837. The van der Waals surface area contributed by atoms with Gasteiger partial charge in [-0.15, -0.1) is 0 Å². The Balaban J connectivity index is 1.67. The Morgan fingerprint density at radius 2 is 2.35 bits per heavy atom. The van der Waals surface area contributed by atoms with E-state index in [9.17, 15) is 4.79 Å². The van der Waals surface area contributed by atoms with E-state index in [0.29, 0.717) is 18.1 Å². The molecular weight excluding hydrogens is 260 g/mol. The minimum absolute atomic E-state index is 0.0526. The zero-order valence-electron chi connectivity index (χ0n) is 11.9. The number of ether oxygens (including phenoxy) is 2. The van der Waals surface area contributed by atoms with Crippen LogP contribution in [0, 0.1) is 6.92 Å². The van der Waals surface area contributed by atoms with Gasteiger partial charge in [0.05, 0.1) is 24.9 Å². The van der Waals surface area contributed by atoms with Crippen molar-refractivity contribution in [2.24, 2.45) is 0 Å². The van der Waals surface area contributed by atoms with Crippen molar-refractivity contribution in [3.63, 3.8) is 0 Å². The summed E-state index contributed by atoms with van der Waals surface area (Å²) in [5.74, 6) is 0.604. The first-order chi connectivity index (χ1) is 9.69. The van der Waals surface area contributed by atoms with E-state index in [1.54, 1.807) is 20.1 Å². The third-order valence-corrected chi connectivity index (χ3v) is 4.10. The number of hydrogen-bond donors (Lipinski definition) is 0. The standard InChI is InChI=1S/C14H20N2O4/c1-9-7-11(15-20-9)14(17)16-6-5-13-12(16)4-3-10(19-13)8-18-2/h7,10,12-13H,3-6,8H2,1-2H3/t10-,12-,13-/m0/s1. The van der Waals surface area contributed by atoms with Gasteiger partial charge in [-0.1, -0.05) is 5.16 Å². The van der Waals surface area contributed by atoms with Crippen LogP contribution in [0.4, 0.5) is 0 Å². The van der Waals surface area contributed by atoms with E-state index in [0.717, 1.165) is 25.8 Å². The molecule has 0 N–H and O–H groups in total. The van der Waals surface area contributed by atoms with Crippen LogP contribution in [-0.4, -0.2) is 54.5 Å². The summed E-state index contributed by atoms with van der Waals surface area (Å²) in [6.45, 7) is 3.13. The van der Waals surface area contributed by atoms with Crippen LogP contribution in [0.15, 0.2) is 10.6 Å². The first kappa shape index (κ1) is 13.6. The number of methoxy groups -OCH3 is 1. The molecule has 0 radical (unpaired) electrons. The molecule has 20 heavy (non-hydrogen) atoms. The van der Waals surface area contributed by atoms with E-state index in [1.807, 2.05) is 4.90 Å². The molecule has 0 unspecified atom stereocenters. The maximum absolute atomic E-state index is 12.4. The molecule has 2 aliphatic rings. The van der Waals surface area contributed by atoms with Crippen molar-refractivity contribution in [1.82, 2.24) is 10.1 Å². The minimum Gasteiger partial charge on any atom is -0.382 e. The lowest BCUT2D eigenvalue weighted by molar-refractivity contribution is -0.0903. The number of hydrogen-bond acceptors (Lipinski definition) is 5. The summed E-state index contributed by atoms with van der Waals surface area (Å²) in [5.41, 5.74) is 0.391. The minimum atomic E-state index is -0.0526. The molecule has 0 bridgehead atoms. The molecule has 3 atom stereocenters. The second kappa shape index (κ2) is 5.54. The molecule has 3 rings (SSSR count). The third kappa shape index (κ3) is 2.45. The van der Waals surface area contributed by atoms with Gasteiger partial charge in [0.2, 0.25) is 0 Å². The topological polar surface area (TPSA) is 64.8 Å². The smallest absolute Gasteiger partial charge is 0.276 e. The third-order valence-electron chi connectivity index (χ3n) is 4.10. The Morgan fingerprint density at radius 3 is 3.05 bits per heavy atom. The lowest BCUT2D eigenvalue weighted by Crippen LogP contribution is -2.45. The first-order valence-electron chi connectivity index (χ1n) is 7.07. The molecule has 3 heterocycles. The van der Waals surface area contributed by atoms with Gasteiger partial charge >= 0.3 is 0 Å². The maximum atomic E-state index is 12.4. The Morgan fingerprint density at radius 1 is 1.50 bits per heavy atom. The van der Waals surface area contributed by atoms with Crippen molar-refractivity contribution in [2.75, 3.05) is 20.3 Å². The highest BCUT2D eigenvalue weighted by atomic mass is 16.5. The van der Waals surface area contributed by atoms with E-state index in [-0.39, 0.29) is 24.2 Å². The number of fused-ring (bicyclic) bond motifs is 1. The maximum Gasteiger partial charge on any atom is 0.276 e. The molecule has 0 spiro atoms. The average Bonchev–Trinajstić information content (AvgIpc) is 3.04. The molecule has 0 aliphatic carbocycles. The Hall–Kier alpha value is -1.40. The molecule has 2 saturated heterocycles. The molecule has 1 amide bonds. The molecule has 6 heteroatoms. The van der Waals surface area contributed by atoms with Gasteiger partial charge < -0.3 is 18.9 Å². The SMILES string of the molecule is COC[C@@H]1CC[C@H]2[C@H](CCN2C(=O)c2cc(C)on2)O1. The number of rotatable bonds is 3. The van der Waals surface area contributed by atoms with Gasteiger partial charge in [-0.05, 0) is 26.2 Å². The van der Waals surface area contributed by atoms with E-state index in [4.69, 9.17) is 14.0 Å². The summed E-state index contributed by atoms with van der Waals surface area (Å²) in [7, 11) is 1.69. The number of aryl methyl sites for hydroxylation is 1. The number of likely N-dealkylation sites (tertiary alicyclic amines) is 1. The molecule has 2 aliphatic heterocycles. The van der Waals surface area contributed by atoms with Crippen molar-refractivity contribution >= 4 is 5.91 Å². The Bertz CT molecular complexity index is 487. The fourth-order valence-corrected chi connectivity index (χ4v) is 3.17. The highest BCUT2D eigenvalue weighted by Gasteiger charge is 2.42. The van der Waals surface area contributed by atoms with Gasteiger partial charge in [0, 0.05) is 19.7 Å². The van der Waals surface area contributed by atoms with Crippen LogP contribution in [0.2, 0.25) is 0 Å². The van der Waals surface area contributed by atoms with Crippen LogP contribution in [0.25, 0.3) is 0 Å². The van der Waals surface area contributed by atoms with Crippen LogP contribution < -0.4 is 0 Å². The zero-order chi connectivity index (χ0) is 14.1. The number of carbonyl (C=O) groups excluding carboxylic acids is 1. The second-order valence-corrected chi connectivity index (χ2v) is 5.51. The van der Waals surface area contributed by atoms with Crippen molar-refractivity contribution < 1.29 is 18.8 Å². The van der Waals surface area contributed by atoms with Crippen LogP contribution >= 0.6 is 0 Å². The number of carbonyl (C=O) groups is 1. The zero-order valence-corrected chi connectivity index (χ0v) is 11.9. The van der Waals surface area contributed by atoms with Crippen LogP contribution in [0.3, 0.4) is 0 Å². The molecule has 6 nitrogen and oxygen atoms in total. The summed E-state index contributed by atoms with van der Waals surface area (Å²) in [4.78, 5) is 14.3. The summed E-state index contributed by atoms with van der Waals surface area (Å²) in [5, 5.41) is 3.82. The second-order valence-electron chi connectivity index (χ2n) is 5.51. The molecule has 1 aromatic heterocycles. The fraction of sp³-hybridized carbons (Fsp3) is 0.714. The fourth-order valence-electron chi connectivity index (χ4n) is 3.17. The summed E-state index contributed by atoms with van der Waals surface area (Å²) in [6, 6.07) is 1.85. The largest absolute Gasteiger partial charge is 0.382 e. The van der Waals surface area contributed by atoms with Crippen molar-refractivity contribution in [3.8, 4) is 0 Å². The van der Waals surface area contributed by atoms with E-state index < -0.39 is 0 Å². The summed E-state index contributed by atoms with van der Waals surface area (Å²) in [6.07, 6.45) is 3.05. The monoisotopic (exact) mass is 280 g/mol. The van der Waals surface area contributed by atoms with E-state index in [1.165, 1.54) is 0 Å². The van der Waals surface area contributed by atoms with Gasteiger partial charge in [0.1, 0.15) is 5.76 Å². The molecule has 1 aromatic rings. The van der Waals surface area contributed by atoms with Gasteiger partial charge in [-0.25, -0.2) is 0 Å². The van der Waals surface area contributed by atoms with Crippen molar-refractivity contribution in [1.29, 1.82) is 0 Å². The number of amides is 1. The highest BCUT2D eigenvalue weighted by Crippen LogP contribution is 2.32. The van der Waals surface area contributed by atoms with Gasteiger partial charge in [-0.3, -0.25) is 4.79 Å². The molecule has 0 saturated carbocycles. The highest BCUT2D eigenvalue weighted by molar-refractivity contribution is 5.92. The number of aromatic nitrogens is 1. The Labute approximate surface area is 118 Å². The van der Waals surface area contributed by atoms with Gasteiger partial charge in [0.15, 0.2) is 5.69 Å². The van der Waals surface area contributed by atoms with Crippen LogP contribution in [-0.2, 0) is 9.47 Å². The Kier molecular flexibility index (Phi) is 3.76. The molecule has 110 valence electrons. The van der Waals surface area contributed by atoms with E-state index >= 15 is 0 Å². The van der Waals surface area contributed by atoms with E-state index in [2.05, 4.69) is 5.16 Å². The molecular formula is C14H20N2O4.